The fraction of sp³-hybridized carbons (Fsp3) is 0.318. The SMILES string of the molecule is CCCCN1C(=O)C2(CC(=O)N(Cc3ccc(F)cc3)C2=O)c2cc(Cl)ccc21. The first-order chi connectivity index (χ1) is 13.9. The van der Waals surface area contributed by atoms with Crippen LogP contribution >= 0.6 is 11.6 Å². The summed E-state index contributed by atoms with van der Waals surface area (Å²) in [7, 11) is 0. The summed E-state index contributed by atoms with van der Waals surface area (Å²) in [6.07, 6.45) is 1.45. The Morgan fingerprint density at radius 1 is 1.03 bits per heavy atom. The van der Waals surface area contributed by atoms with Crippen LogP contribution in [0, 0.1) is 5.82 Å². The summed E-state index contributed by atoms with van der Waals surface area (Å²) in [6.45, 7) is 2.50. The Hall–Kier alpha value is -2.73. The molecule has 0 aromatic heterocycles. The number of benzene rings is 2. The Bertz CT molecular complexity index is 1010. The predicted octanol–water partition coefficient (Wildman–Crippen LogP) is 3.82. The highest BCUT2D eigenvalue weighted by molar-refractivity contribution is 6.32. The Labute approximate surface area is 173 Å². The van der Waals surface area contributed by atoms with Crippen molar-refractivity contribution in [3.63, 3.8) is 0 Å². The number of likely N-dealkylation sites (tertiary alicyclic amines) is 1. The number of hydrogen-bond acceptors (Lipinski definition) is 3. The van der Waals surface area contributed by atoms with E-state index in [-0.39, 0.29) is 18.9 Å². The summed E-state index contributed by atoms with van der Waals surface area (Å²) >= 11 is 6.17. The van der Waals surface area contributed by atoms with E-state index >= 15 is 0 Å². The third kappa shape index (κ3) is 3.02. The molecule has 150 valence electrons. The number of amides is 3. The van der Waals surface area contributed by atoms with Gasteiger partial charge in [0.2, 0.25) is 17.7 Å². The minimum Gasteiger partial charge on any atom is -0.311 e. The van der Waals surface area contributed by atoms with Crippen LogP contribution in [0.25, 0.3) is 0 Å². The van der Waals surface area contributed by atoms with Gasteiger partial charge in [0.1, 0.15) is 5.82 Å². The minimum atomic E-state index is -1.56. The molecule has 2 aliphatic rings. The Morgan fingerprint density at radius 3 is 2.41 bits per heavy atom. The van der Waals surface area contributed by atoms with Gasteiger partial charge in [-0.2, -0.15) is 0 Å². The van der Waals surface area contributed by atoms with Crippen LogP contribution < -0.4 is 4.90 Å². The van der Waals surface area contributed by atoms with E-state index < -0.39 is 23.0 Å². The number of hydrogen-bond donors (Lipinski definition) is 0. The van der Waals surface area contributed by atoms with Crippen molar-refractivity contribution in [2.45, 2.75) is 38.1 Å². The van der Waals surface area contributed by atoms with E-state index in [0.29, 0.717) is 28.4 Å². The van der Waals surface area contributed by atoms with Crippen molar-refractivity contribution in [2.75, 3.05) is 11.4 Å². The highest BCUT2D eigenvalue weighted by Gasteiger charge is 2.63. The second-order valence-corrected chi connectivity index (χ2v) is 7.90. The summed E-state index contributed by atoms with van der Waals surface area (Å²) < 4.78 is 13.2. The number of rotatable bonds is 5. The third-order valence-corrected chi connectivity index (χ3v) is 5.87. The first-order valence-electron chi connectivity index (χ1n) is 9.59. The average Bonchev–Trinajstić information content (AvgIpc) is 3.08. The Kier molecular flexibility index (Phi) is 4.90. The van der Waals surface area contributed by atoms with Gasteiger partial charge in [0.25, 0.3) is 0 Å². The minimum absolute atomic E-state index is 0.00215. The van der Waals surface area contributed by atoms with E-state index in [1.165, 1.54) is 24.3 Å². The van der Waals surface area contributed by atoms with Crippen molar-refractivity contribution in [3.05, 3.63) is 64.4 Å². The van der Waals surface area contributed by atoms with Gasteiger partial charge in [-0.3, -0.25) is 19.3 Å². The Balaban J connectivity index is 1.74. The zero-order chi connectivity index (χ0) is 20.8. The van der Waals surface area contributed by atoms with Gasteiger partial charge in [0, 0.05) is 22.8 Å². The molecule has 1 fully saturated rings. The number of nitrogens with zero attached hydrogens (tertiary/aromatic N) is 2. The monoisotopic (exact) mass is 414 g/mol. The van der Waals surface area contributed by atoms with Crippen molar-refractivity contribution in [3.8, 4) is 0 Å². The molecule has 29 heavy (non-hydrogen) atoms. The van der Waals surface area contributed by atoms with Crippen molar-refractivity contribution < 1.29 is 18.8 Å². The summed E-state index contributed by atoms with van der Waals surface area (Å²) in [4.78, 5) is 42.4. The number of unbranched alkanes of at least 4 members (excludes halogenated alkanes) is 1. The lowest BCUT2D eigenvalue weighted by atomic mass is 9.80. The van der Waals surface area contributed by atoms with Gasteiger partial charge >= 0.3 is 0 Å². The highest BCUT2D eigenvalue weighted by atomic mass is 35.5. The molecule has 7 heteroatoms. The number of halogens is 2. The van der Waals surface area contributed by atoms with Gasteiger partial charge in [-0.1, -0.05) is 37.1 Å². The number of anilines is 1. The second-order valence-electron chi connectivity index (χ2n) is 7.47. The highest BCUT2D eigenvalue weighted by Crippen LogP contribution is 2.49. The topological polar surface area (TPSA) is 57.7 Å². The van der Waals surface area contributed by atoms with E-state index in [2.05, 4.69) is 0 Å². The van der Waals surface area contributed by atoms with Crippen LogP contribution in [0.1, 0.15) is 37.3 Å². The first-order valence-corrected chi connectivity index (χ1v) is 9.97. The number of fused-ring (bicyclic) bond motifs is 2. The summed E-state index contributed by atoms with van der Waals surface area (Å²) in [5.41, 5.74) is 0.180. The van der Waals surface area contributed by atoms with Crippen molar-refractivity contribution in [2.24, 2.45) is 0 Å². The number of carbonyl (C=O) groups is 3. The largest absolute Gasteiger partial charge is 0.311 e. The van der Waals surface area contributed by atoms with E-state index in [4.69, 9.17) is 11.6 Å². The first kappa shape index (κ1) is 19.6. The van der Waals surface area contributed by atoms with Crippen LogP contribution in [0.15, 0.2) is 42.5 Å². The van der Waals surface area contributed by atoms with Crippen LogP contribution in [0.3, 0.4) is 0 Å². The van der Waals surface area contributed by atoms with Crippen LogP contribution in [0.4, 0.5) is 10.1 Å². The van der Waals surface area contributed by atoms with Gasteiger partial charge in [-0.15, -0.1) is 0 Å². The smallest absolute Gasteiger partial charge is 0.250 e. The molecule has 1 saturated heterocycles. The molecule has 2 heterocycles. The second kappa shape index (κ2) is 7.26. The summed E-state index contributed by atoms with van der Waals surface area (Å²) in [6, 6.07) is 10.6. The molecule has 1 atom stereocenters. The molecular weight excluding hydrogens is 395 g/mol. The molecule has 0 radical (unpaired) electrons. The molecule has 3 amide bonds. The zero-order valence-corrected chi connectivity index (χ0v) is 16.7. The normalized spacial score (nSPS) is 20.9. The summed E-state index contributed by atoms with van der Waals surface area (Å²) in [5, 5.41) is 0.408. The quantitative estimate of drug-likeness (QED) is 0.552. The molecule has 1 spiro atoms. The van der Waals surface area contributed by atoms with E-state index in [1.54, 1.807) is 23.1 Å². The van der Waals surface area contributed by atoms with E-state index in [1.807, 2.05) is 6.92 Å². The molecule has 4 rings (SSSR count). The van der Waals surface area contributed by atoms with Gasteiger partial charge in [0.15, 0.2) is 5.41 Å². The maximum Gasteiger partial charge on any atom is 0.250 e. The molecule has 0 aliphatic carbocycles. The molecule has 1 unspecified atom stereocenters. The van der Waals surface area contributed by atoms with Gasteiger partial charge in [-0.05, 0) is 42.3 Å². The van der Waals surface area contributed by atoms with Crippen LogP contribution in [-0.4, -0.2) is 29.2 Å². The van der Waals surface area contributed by atoms with Crippen molar-refractivity contribution >= 4 is 35.0 Å². The Morgan fingerprint density at radius 2 is 1.72 bits per heavy atom. The fourth-order valence-corrected chi connectivity index (χ4v) is 4.30. The molecule has 2 aliphatic heterocycles. The van der Waals surface area contributed by atoms with Crippen molar-refractivity contribution in [1.29, 1.82) is 0 Å². The van der Waals surface area contributed by atoms with E-state index in [0.717, 1.165) is 17.7 Å². The van der Waals surface area contributed by atoms with Gasteiger partial charge < -0.3 is 4.90 Å². The van der Waals surface area contributed by atoms with Crippen molar-refractivity contribution in [1.82, 2.24) is 4.90 Å². The standard InChI is InChI=1S/C22H20ClFN2O3/c1-2-3-10-25-18-9-6-15(23)11-17(18)22(20(25)28)12-19(27)26(21(22)29)13-14-4-7-16(24)8-5-14/h4-9,11H,2-3,10,12-13H2,1H3. The maximum absolute atomic E-state index is 13.5. The molecule has 2 aromatic carbocycles. The lowest BCUT2D eigenvalue weighted by Gasteiger charge is -2.22. The lowest BCUT2D eigenvalue weighted by Crippen LogP contribution is -2.46. The molecule has 0 saturated carbocycles. The maximum atomic E-state index is 13.5. The van der Waals surface area contributed by atoms with Crippen LogP contribution in [0.5, 0.6) is 0 Å². The molecule has 0 bridgehead atoms. The number of carbonyl (C=O) groups excluding carboxylic acids is 3. The van der Waals surface area contributed by atoms with Crippen LogP contribution in [-0.2, 0) is 26.3 Å². The summed E-state index contributed by atoms with van der Waals surface area (Å²) in [5.74, 6) is -1.73. The molecule has 0 N–H and O–H groups in total. The molecular formula is C22H20ClFN2O3. The lowest BCUT2D eigenvalue weighted by molar-refractivity contribution is -0.142. The zero-order valence-electron chi connectivity index (χ0n) is 16.0. The predicted molar refractivity (Wildman–Crippen MR) is 107 cm³/mol. The van der Waals surface area contributed by atoms with Gasteiger partial charge in [0.05, 0.1) is 13.0 Å². The fourth-order valence-electron chi connectivity index (χ4n) is 4.13. The average molecular weight is 415 g/mol. The van der Waals surface area contributed by atoms with E-state index in [9.17, 15) is 18.8 Å². The number of imide groups is 1. The molecule has 2 aromatic rings. The molecule has 5 nitrogen and oxygen atoms in total. The third-order valence-electron chi connectivity index (χ3n) is 5.64. The van der Waals surface area contributed by atoms with Gasteiger partial charge in [-0.25, -0.2) is 4.39 Å². The van der Waals surface area contributed by atoms with Crippen LogP contribution in [0.2, 0.25) is 5.02 Å².